The van der Waals surface area contributed by atoms with Crippen LogP contribution in [0.3, 0.4) is 0 Å². The summed E-state index contributed by atoms with van der Waals surface area (Å²) in [5, 5.41) is 12.3. The third-order valence-corrected chi connectivity index (χ3v) is 3.92. The largest absolute Gasteiger partial charge is 0.391 e. The average molecular weight is 315 g/mol. The van der Waals surface area contributed by atoms with E-state index >= 15 is 0 Å². The average Bonchev–Trinajstić information content (AvgIpc) is 2.62. The van der Waals surface area contributed by atoms with Gasteiger partial charge in [0.05, 0.1) is 12.6 Å². The number of imide groups is 1. The number of halogens is 2. The lowest BCUT2D eigenvalue weighted by Gasteiger charge is -2.24. The fourth-order valence-corrected chi connectivity index (χ4v) is 2.64. The van der Waals surface area contributed by atoms with Gasteiger partial charge >= 0.3 is 6.03 Å². The quantitative estimate of drug-likeness (QED) is 0.835. The molecule has 0 aromatic heterocycles. The molecule has 0 saturated carbocycles. The summed E-state index contributed by atoms with van der Waals surface area (Å²) in [5.74, 6) is -1.05. The van der Waals surface area contributed by atoms with Gasteiger partial charge in [0, 0.05) is 10.6 Å². The number of hydrogen-bond donors (Lipinski definition) is 2. The number of amides is 3. The van der Waals surface area contributed by atoms with Gasteiger partial charge in [0.2, 0.25) is 0 Å². The van der Waals surface area contributed by atoms with Gasteiger partial charge in [0.1, 0.15) is 11.4 Å². The van der Waals surface area contributed by atoms with Gasteiger partial charge in [0.15, 0.2) is 0 Å². The first-order valence-electron chi connectivity index (χ1n) is 6.57. The molecule has 0 spiro atoms. The number of benzene rings is 1. The number of carbonyl (C=O) groups is 2. The van der Waals surface area contributed by atoms with E-state index in [9.17, 15) is 19.1 Å². The normalized spacial score (nSPS) is 23.4. The molecule has 0 aliphatic carbocycles. The zero-order valence-corrected chi connectivity index (χ0v) is 12.4. The highest BCUT2D eigenvalue weighted by Crippen LogP contribution is 2.34. The second-order valence-electron chi connectivity index (χ2n) is 5.16. The minimum Gasteiger partial charge on any atom is -0.391 e. The Morgan fingerprint density at radius 1 is 1.48 bits per heavy atom. The van der Waals surface area contributed by atoms with Gasteiger partial charge in [-0.05, 0) is 25.5 Å². The first kappa shape index (κ1) is 15.7. The number of aliphatic hydroxyl groups is 1. The molecule has 1 aliphatic heterocycles. The van der Waals surface area contributed by atoms with Crippen LogP contribution in [-0.4, -0.2) is 34.6 Å². The molecule has 0 bridgehead atoms. The molecule has 3 amide bonds. The Bertz CT molecular complexity index is 596. The SMILES string of the molecule is CC[C@H](O)CN1C(=O)N[C@](C)(c2ccc(F)cc2Cl)C1=O. The van der Waals surface area contributed by atoms with Gasteiger partial charge in [-0.25, -0.2) is 9.18 Å². The number of aliphatic hydroxyl groups excluding tert-OH is 1. The fraction of sp³-hybridized carbons (Fsp3) is 0.429. The zero-order valence-electron chi connectivity index (χ0n) is 11.7. The molecule has 0 unspecified atom stereocenters. The molecule has 21 heavy (non-hydrogen) atoms. The smallest absolute Gasteiger partial charge is 0.325 e. The van der Waals surface area contributed by atoms with Crippen molar-refractivity contribution >= 4 is 23.5 Å². The van der Waals surface area contributed by atoms with Gasteiger partial charge in [-0.15, -0.1) is 0 Å². The van der Waals surface area contributed by atoms with E-state index in [-0.39, 0.29) is 11.6 Å². The summed E-state index contributed by atoms with van der Waals surface area (Å²) < 4.78 is 13.1. The van der Waals surface area contributed by atoms with Crippen LogP contribution in [0, 0.1) is 5.82 Å². The first-order valence-corrected chi connectivity index (χ1v) is 6.95. The number of urea groups is 1. The Hall–Kier alpha value is -1.66. The molecule has 1 heterocycles. The number of carbonyl (C=O) groups excluding carboxylic acids is 2. The van der Waals surface area contributed by atoms with E-state index in [0.29, 0.717) is 12.0 Å². The van der Waals surface area contributed by atoms with E-state index in [1.54, 1.807) is 6.92 Å². The maximum Gasteiger partial charge on any atom is 0.325 e. The number of nitrogens with zero attached hydrogens (tertiary/aromatic N) is 1. The lowest BCUT2D eigenvalue weighted by molar-refractivity contribution is -0.132. The number of β-amino-alcohol motifs (C(OH)–C–C–N with tert-alkyl or cyclic N) is 1. The Balaban J connectivity index is 2.36. The summed E-state index contributed by atoms with van der Waals surface area (Å²) in [5.41, 5.74) is -1.05. The standard InChI is InChI=1S/C14H16ClFN2O3/c1-3-9(19)7-18-12(20)14(2,17-13(18)21)10-5-4-8(16)6-11(10)15/h4-6,9,19H,3,7H2,1-2H3,(H,17,21)/t9-,14+/m0/s1. The van der Waals surface area contributed by atoms with Crippen LogP contribution < -0.4 is 5.32 Å². The molecule has 114 valence electrons. The maximum absolute atomic E-state index is 13.1. The van der Waals surface area contributed by atoms with Crippen LogP contribution >= 0.6 is 11.6 Å². The molecule has 2 atom stereocenters. The van der Waals surface area contributed by atoms with E-state index < -0.39 is 29.4 Å². The van der Waals surface area contributed by atoms with Gasteiger partial charge in [-0.2, -0.15) is 0 Å². The van der Waals surface area contributed by atoms with E-state index in [1.165, 1.54) is 19.1 Å². The Kier molecular flexibility index (Phi) is 4.20. The molecular formula is C14H16ClFN2O3. The molecule has 5 nitrogen and oxygen atoms in total. The predicted octanol–water partition coefficient (Wildman–Crippen LogP) is 2.02. The van der Waals surface area contributed by atoms with Crippen LogP contribution in [0.4, 0.5) is 9.18 Å². The summed E-state index contributed by atoms with van der Waals surface area (Å²) in [4.78, 5) is 25.4. The predicted molar refractivity (Wildman–Crippen MR) is 75.3 cm³/mol. The number of nitrogens with one attached hydrogen (secondary N) is 1. The highest BCUT2D eigenvalue weighted by molar-refractivity contribution is 6.32. The summed E-state index contributed by atoms with van der Waals surface area (Å²) in [7, 11) is 0. The summed E-state index contributed by atoms with van der Waals surface area (Å²) in [6.07, 6.45) is -0.365. The third kappa shape index (κ3) is 2.73. The second-order valence-corrected chi connectivity index (χ2v) is 5.56. The Labute approximate surface area is 126 Å². The van der Waals surface area contributed by atoms with Crippen LogP contribution in [0.2, 0.25) is 5.02 Å². The van der Waals surface area contributed by atoms with Gasteiger partial charge in [-0.1, -0.05) is 24.6 Å². The van der Waals surface area contributed by atoms with Crippen molar-refractivity contribution in [1.29, 1.82) is 0 Å². The number of rotatable bonds is 4. The van der Waals surface area contributed by atoms with Gasteiger partial charge < -0.3 is 10.4 Å². The topological polar surface area (TPSA) is 69.6 Å². The molecule has 0 radical (unpaired) electrons. The van der Waals surface area contributed by atoms with Crippen LogP contribution in [0.5, 0.6) is 0 Å². The van der Waals surface area contributed by atoms with Crippen LogP contribution in [0.25, 0.3) is 0 Å². The molecule has 1 saturated heterocycles. The number of hydrogen-bond acceptors (Lipinski definition) is 3. The van der Waals surface area contributed by atoms with Crippen molar-refractivity contribution in [3.8, 4) is 0 Å². The summed E-state index contributed by atoms with van der Waals surface area (Å²) in [6.45, 7) is 3.17. The van der Waals surface area contributed by atoms with Crippen molar-refractivity contribution in [2.75, 3.05) is 6.54 Å². The molecule has 2 rings (SSSR count). The molecule has 2 N–H and O–H groups in total. The third-order valence-electron chi connectivity index (χ3n) is 3.61. The highest BCUT2D eigenvalue weighted by atomic mass is 35.5. The summed E-state index contributed by atoms with van der Waals surface area (Å²) in [6, 6.07) is 3.03. The molecule has 1 fully saturated rings. The van der Waals surface area contributed by atoms with Crippen molar-refractivity contribution in [2.24, 2.45) is 0 Å². The summed E-state index contributed by atoms with van der Waals surface area (Å²) >= 11 is 5.98. The van der Waals surface area contributed by atoms with Crippen molar-refractivity contribution < 1.29 is 19.1 Å². The highest BCUT2D eigenvalue weighted by Gasteiger charge is 2.50. The molecule has 7 heteroatoms. The minimum atomic E-state index is -1.37. The van der Waals surface area contributed by atoms with Crippen molar-refractivity contribution in [1.82, 2.24) is 10.2 Å². The van der Waals surface area contributed by atoms with Crippen molar-refractivity contribution in [2.45, 2.75) is 31.9 Å². The second kappa shape index (κ2) is 5.61. The lowest BCUT2D eigenvalue weighted by Crippen LogP contribution is -2.42. The zero-order chi connectivity index (χ0) is 15.8. The first-order chi connectivity index (χ1) is 9.79. The molecule has 1 aromatic carbocycles. The molecule has 1 aliphatic rings. The lowest BCUT2D eigenvalue weighted by atomic mass is 9.92. The van der Waals surface area contributed by atoms with Crippen LogP contribution in [0.1, 0.15) is 25.8 Å². The van der Waals surface area contributed by atoms with E-state index in [2.05, 4.69) is 5.32 Å². The van der Waals surface area contributed by atoms with Crippen LogP contribution in [-0.2, 0) is 10.3 Å². The Morgan fingerprint density at radius 2 is 2.14 bits per heavy atom. The van der Waals surface area contributed by atoms with Gasteiger partial charge in [-0.3, -0.25) is 9.69 Å². The van der Waals surface area contributed by atoms with E-state index in [0.717, 1.165) is 11.0 Å². The molecule has 1 aromatic rings. The molecular weight excluding hydrogens is 299 g/mol. The van der Waals surface area contributed by atoms with E-state index in [4.69, 9.17) is 11.6 Å². The van der Waals surface area contributed by atoms with E-state index in [1.807, 2.05) is 0 Å². The van der Waals surface area contributed by atoms with Crippen LogP contribution in [0.15, 0.2) is 18.2 Å². The maximum atomic E-state index is 13.1. The van der Waals surface area contributed by atoms with Gasteiger partial charge in [0.25, 0.3) is 5.91 Å². The minimum absolute atomic E-state index is 0.0593. The van der Waals surface area contributed by atoms with Crippen molar-refractivity contribution in [3.63, 3.8) is 0 Å². The Morgan fingerprint density at radius 3 is 2.71 bits per heavy atom. The monoisotopic (exact) mass is 314 g/mol. The fourth-order valence-electron chi connectivity index (χ4n) is 2.28. The van der Waals surface area contributed by atoms with Crippen molar-refractivity contribution in [3.05, 3.63) is 34.6 Å².